The number of rotatable bonds is 9. The van der Waals surface area contributed by atoms with Gasteiger partial charge in [-0.3, -0.25) is 0 Å². The summed E-state index contributed by atoms with van der Waals surface area (Å²) in [5, 5.41) is 3.72. The Kier molecular flexibility index (Phi) is 7.92. The Bertz CT molecular complexity index is 170. The maximum Gasteiger partial charge on any atom is 0.00669 e. The third-order valence-corrected chi connectivity index (χ3v) is 4.28. The van der Waals surface area contributed by atoms with Gasteiger partial charge in [0.25, 0.3) is 0 Å². The zero-order valence-corrected chi connectivity index (χ0v) is 12.3. The van der Waals surface area contributed by atoms with Crippen LogP contribution in [0.25, 0.3) is 0 Å². The van der Waals surface area contributed by atoms with Gasteiger partial charge in [0, 0.05) is 6.04 Å². The van der Waals surface area contributed by atoms with Crippen molar-refractivity contribution in [2.24, 2.45) is 11.8 Å². The first kappa shape index (κ1) is 15.0. The molecule has 1 N–H and O–H groups in total. The second-order valence-electron chi connectivity index (χ2n) is 6.38. The number of hydrogen-bond donors (Lipinski definition) is 1. The summed E-state index contributed by atoms with van der Waals surface area (Å²) < 4.78 is 0. The van der Waals surface area contributed by atoms with E-state index in [0.29, 0.717) is 0 Å². The normalized spacial score (nSPS) is 19.1. The molecule has 0 spiro atoms. The molecule has 0 aromatic carbocycles. The molecule has 0 radical (unpaired) electrons. The SMILES string of the molecule is CC(C)CCCCCCNC(C)C1CCCC1. The van der Waals surface area contributed by atoms with Crippen molar-refractivity contribution in [1.29, 1.82) is 0 Å². The van der Waals surface area contributed by atoms with Crippen LogP contribution in [0.3, 0.4) is 0 Å². The highest BCUT2D eigenvalue weighted by Gasteiger charge is 2.20. The standard InChI is InChI=1S/C16H33N/c1-14(2)10-6-4-5-9-13-17-15(3)16-11-7-8-12-16/h14-17H,4-13H2,1-3H3. The molecule has 17 heavy (non-hydrogen) atoms. The summed E-state index contributed by atoms with van der Waals surface area (Å²) in [4.78, 5) is 0. The first-order valence-corrected chi connectivity index (χ1v) is 7.93. The van der Waals surface area contributed by atoms with Crippen LogP contribution in [0.15, 0.2) is 0 Å². The van der Waals surface area contributed by atoms with Crippen molar-refractivity contribution in [2.45, 2.75) is 84.6 Å². The fourth-order valence-corrected chi connectivity index (χ4v) is 2.98. The Balaban J connectivity index is 1.86. The van der Waals surface area contributed by atoms with E-state index in [4.69, 9.17) is 0 Å². The Hall–Kier alpha value is -0.0400. The smallest absolute Gasteiger partial charge is 0.00669 e. The Morgan fingerprint density at radius 2 is 1.59 bits per heavy atom. The van der Waals surface area contributed by atoms with Gasteiger partial charge in [0.05, 0.1) is 0 Å². The molecule has 0 aromatic heterocycles. The van der Waals surface area contributed by atoms with E-state index in [1.165, 1.54) is 64.3 Å². The zero-order chi connectivity index (χ0) is 12.5. The van der Waals surface area contributed by atoms with Crippen molar-refractivity contribution in [2.75, 3.05) is 6.54 Å². The van der Waals surface area contributed by atoms with Crippen LogP contribution >= 0.6 is 0 Å². The third kappa shape index (κ3) is 7.08. The molecule has 0 heterocycles. The van der Waals surface area contributed by atoms with Crippen LogP contribution in [0.1, 0.15) is 78.6 Å². The maximum absolute atomic E-state index is 3.72. The maximum atomic E-state index is 3.72. The molecule has 0 amide bonds. The van der Waals surface area contributed by atoms with Crippen molar-refractivity contribution in [3.05, 3.63) is 0 Å². The molecule has 0 bridgehead atoms. The first-order chi connectivity index (χ1) is 8.20. The van der Waals surface area contributed by atoms with Gasteiger partial charge in [-0.2, -0.15) is 0 Å². The van der Waals surface area contributed by atoms with Gasteiger partial charge in [-0.25, -0.2) is 0 Å². The van der Waals surface area contributed by atoms with E-state index in [9.17, 15) is 0 Å². The molecule has 0 aromatic rings. The highest BCUT2D eigenvalue weighted by molar-refractivity contribution is 4.76. The molecule has 1 nitrogen and oxygen atoms in total. The van der Waals surface area contributed by atoms with Gasteiger partial charge in [-0.05, 0) is 44.6 Å². The molecule has 1 saturated carbocycles. The minimum atomic E-state index is 0.758. The van der Waals surface area contributed by atoms with Crippen LogP contribution in [0.5, 0.6) is 0 Å². The van der Waals surface area contributed by atoms with E-state index >= 15 is 0 Å². The molecule has 1 unspecified atom stereocenters. The fourth-order valence-electron chi connectivity index (χ4n) is 2.98. The van der Waals surface area contributed by atoms with E-state index < -0.39 is 0 Å². The average Bonchev–Trinajstić information content (AvgIpc) is 2.80. The van der Waals surface area contributed by atoms with Crippen molar-refractivity contribution in [3.63, 3.8) is 0 Å². The van der Waals surface area contributed by atoms with Crippen LogP contribution in [0.4, 0.5) is 0 Å². The van der Waals surface area contributed by atoms with E-state index in [1.54, 1.807) is 0 Å². The minimum Gasteiger partial charge on any atom is -0.314 e. The van der Waals surface area contributed by atoms with Crippen LogP contribution < -0.4 is 5.32 Å². The van der Waals surface area contributed by atoms with Crippen molar-refractivity contribution < 1.29 is 0 Å². The quantitative estimate of drug-likeness (QED) is 0.572. The van der Waals surface area contributed by atoms with Crippen molar-refractivity contribution >= 4 is 0 Å². The summed E-state index contributed by atoms with van der Waals surface area (Å²) in [6.45, 7) is 8.27. The van der Waals surface area contributed by atoms with Crippen LogP contribution in [0.2, 0.25) is 0 Å². The highest BCUT2D eigenvalue weighted by Crippen LogP contribution is 2.27. The van der Waals surface area contributed by atoms with Gasteiger partial charge in [-0.15, -0.1) is 0 Å². The van der Waals surface area contributed by atoms with Crippen LogP contribution in [-0.2, 0) is 0 Å². The molecule has 1 aliphatic rings. The molecule has 1 aliphatic carbocycles. The number of unbranched alkanes of at least 4 members (excludes halogenated alkanes) is 3. The van der Waals surface area contributed by atoms with E-state index in [-0.39, 0.29) is 0 Å². The summed E-state index contributed by atoms with van der Waals surface area (Å²) in [5.41, 5.74) is 0. The Morgan fingerprint density at radius 3 is 2.24 bits per heavy atom. The number of hydrogen-bond acceptors (Lipinski definition) is 1. The number of nitrogens with one attached hydrogen (secondary N) is 1. The summed E-state index contributed by atoms with van der Waals surface area (Å²) in [6.07, 6.45) is 12.9. The van der Waals surface area contributed by atoms with E-state index in [0.717, 1.165) is 17.9 Å². The van der Waals surface area contributed by atoms with Gasteiger partial charge >= 0.3 is 0 Å². The monoisotopic (exact) mass is 239 g/mol. The molecule has 0 saturated heterocycles. The van der Waals surface area contributed by atoms with Crippen LogP contribution in [0, 0.1) is 11.8 Å². The molecule has 0 aliphatic heterocycles. The lowest BCUT2D eigenvalue weighted by Gasteiger charge is -2.20. The van der Waals surface area contributed by atoms with Gasteiger partial charge in [0.1, 0.15) is 0 Å². The summed E-state index contributed by atoms with van der Waals surface area (Å²) in [6, 6.07) is 0.758. The molecule has 1 rings (SSSR count). The predicted molar refractivity (Wildman–Crippen MR) is 77.3 cm³/mol. The molecular formula is C16H33N. The predicted octanol–water partition coefficient (Wildman–Crippen LogP) is 4.76. The molecule has 102 valence electrons. The van der Waals surface area contributed by atoms with Crippen molar-refractivity contribution in [1.82, 2.24) is 5.32 Å². The molecule has 1 atom stereocenters. The largest absolute Gasteiger partial charge is 0.314 e. The van der Waals surface area contributed by atoms with Crippen molar-refractivity contribution in [3.8, 4) is 0 Å². The van der Waals surface area contributed by atoms with E-state index in [2.05, 4.69) is 26.1 Å². The molecular weight excluding hydrogens is 206 g/mol. The Morgan fingerprint density at radius 1 is 0.941 bits per heavy atom. The average molecular weight is 239 g/mol. The lowest BCUT2D eigenvalue weighted by atomic mass is 9.99. The first-order valence-electron chi connectivity index (χ1n) is 7.93. The summed E-state index contributed by atoms with van der Waals surface area (Å²) >= 11 is 0. The lowest BCUT2D eigenvalue weighted by molar-refractivity contribution is 0.377. The second-order valence-corrected chi connectivity index (χ2v) is 6.38. The zero-order valence-electron chi connectivity index (χ0n) is 12.3. The van der Waals surface area contributed by atoms with Crippen LogP contribution in [-0.4, -0.2) is 12.6 Å². The lowest BCUT2D eigenvalue weighted by Crippen LogP contribution is -2.32. The third-order valence-electron chi connectivity index (χ3n) is 4.28. The fraction of sp³-hybridized carbons (Fsp3) is 1.00. The molecule has 1 fully saturated rings. The van der Waals surface area contributed by atoms with E-state index in [1.807, 2.05) is 0 Å². The highest BCUT2D eigenvalue weighted by atomic mass is 14.9. The van der Waals surface area contributed by atoms with Gasteiger partial charge in [0.15, 0.2) is 0 Å². The van der Waals surface area contributed by atoms with Gasteiger partial charge in [0.2, 0.25) is 0 Å². The second kappa shape index (κ2) is 8.97. The Labute approximate surface area is 109 Å². The topological polar surface area (TPSA) is 12.0 Å². The summed E-state index contributed by atoms with van der Waals surface area (Å²) in [7, 11) is 0. The molecule has 1 heteroatoms. The van der Waals surface area contributed by atoms with Gasteiger partial charge in [-0.1, -0.05) is 52.4 Å². The van der Waals surface area contributed by atoms with Gasteiger partial charge < -0.3 is 5.32 Å². The minimum absolute atomic E-state index is 0.758. The summed E-state index contributed by atoms with van der Waals surface area (Å²) in [5.74, 6) is 1.85.